The van der Waals surface area contributed by atoms with Crippen LogP contribution in [0, 0.1) is 6.92 Å². The van der Waals surface area contributed by atoms with Crippen molar-refractivity contribution in [1.82, 2.24) is 15.3 Å². The van der Waals surface area contributed by atoms with Crippen LogP contribution in [-0.4, -0.2) is 39.0 Å². The molecule has 5 N–H and O–H groups in total. The predicted molar refractivity (Wildman–Crippen MR) is 134 cm³/mol. The summed E-state index contributed by atoms with van der Waals surface area (Å²) in [6, 6.07) is 3.20. The van der Waals surface area contributed by atoms with E-state index in [-0.39, 0.29) is 34.7 Å². The van der Waals surface area contributed by atoms with Gasteiger partial charge in [-0.1, -0.05) is 19.9 Å². The normalized spacial score (nSPS) is 12.5. The fourth-order valence-electron chi connectivity index (χ4n) is 2.97. The number of halogens is 1. The molecule has 0 spiro atoms. The number of aliphatic hydroxyl groups excluding tert-OH is 1. The van der Waals surface area contributed by atoms with E-state index in [2.05, 4.69) is 20.6 Å². The van der Waals surface area contributed by atoms with Crippen LogP contribution in [-0.2, 0) is 4.79 Å². The van der Waals surface area contributed by atoms with Gasteiger partial charge in [-0.3, -0.25) is 9.59 Å². The lowest BCUT2D eigenvalue weighted by Gasteiger charge is -2.14. The van der Waals surface area contributed by atoms with Crippen LogP contribution in [0.5, 0.6) is 0 Å². The largest absolute Gasteiger partial charge is 0.383 e. The molecular weight excluding hydrogens is 437 g/mol. The number of aryl methyl sites for hydroxylation is 1. The van der Waals surface area contributed by atoms with Gasteiger partial charge in [-0.2, -0.15) is 0 Å². The van der Waals surface area contributed by atoms with Gasteiger partial charge in [-0.05, 0) is 64.0 Å². The number of carbonyl (C=O) groups is 2. The molecule has 0 fully saturated rings. The number of rotatable bonds is 7. The lowest BCUT2D eigenvalue weighted by atomic mass is 10.0. The Kier molecular flexibility index (Phi) is 11.0. The van der Waals surface area contributed by atoms with Crippen LogP contribution in [0.25, 0.3) is 11.1 Å². The lowest BCUT2D eigenvalue weighted by molar-refractivity contribution is -0.122. The van der Waals surface area contributed by atoms with Crippen LogP contribution < -0.4 is 16.4 Å². The number of anilines is 2. The highest BCUT2D eigenvalue weighted by Gasteiger charge is 2.20. The summed E-state index contributed by atoms with van der Waals surface area (Å²) in [5.41, 5.74) is 8.33. The van der Waals surface area contributed by atoms with E-state index in [0.29, 0.717) is 11.1 Å². The summed E-state index contributed by atoms with van der Waals surface area (Å²) >= 11 is 0. The Labute approximate surface area is 200 Å². The van der Waals surface area contributed by atoms with E-state index in [4.69, 9.17) is 5.73 Å². The summed E-state index contributed by atoms with van der Waals surface area (Å²) in [4.78, 5) is 33.1. The number of nitrogen functional groups attached to an aromatic ring is 1. The summed E-state index contributed by atoms with van der Waals surface area (Å²) in [5, 5.41) is 15.5. The van der Waals surface area contributed by atoms with Gasteiger partial charge in [-0.15, -0.1) is 0 Å². The standard InChI is InChI=1S/C23H28FN5O3.C2H6/c1-6-15(8-14(5)24)20(30)23(32)29-19-7-13(4)18(11-26-19)16-9-17(21(25)27-10-16)22(31)28-12(2)3;1-2/h6-12,20,30H,1-5H3,(H2,25,27)(H,28,31)(H,26,29,32);1-2H3/b14-8+,15-6+;. The van der Waals surface area contributed by atoms with Crippen LogP contribution in [0.4, 0.5) is 16.0 Å². The Hall–Kier alpha value is -3.59. The minimum Gasteiger partial charge on any atom is -0.383 e. The Morgan fingerprint density at radius 3 is 2.35 bits per heavy atom. The average Bonchev–Trinajstić information content (AvgIpc) is 2.78. The van der Waals surface area contributed by atoms with Crippen molar-refractivity contribution in [3.63, 3.8) is 0 Å². The number of nitrogens with zero attached hydrogens (tertiary/aromatic N) is 2. The molecule has 184 valence electrons. The molecule has 0 radical (unpaired) electrons. The molecule has 0 aliphatic heterocycles. The summed E-state index contributed by atoms with van der Waals surface area (Å²) in [5.74, 6) is -1.26. The molecule has 2 amide bonds. The molecule has 8 nitrogen and oxygen atoms in total. The maximum absolute atomic E-state index is 13.1. The van der Waals surface area contributed by atoms with Crippen molar-refractivity contribution < 1.29 is 19.1 Å². The van der Waals surface area contributed by atoms with Crippen molar-refractivity contribution >= 4 is 23.5 Å². The second kappa shape index (κ2) is 13.2. The predicted octanol–water partition coefficient (Wildman–Crippen LogP) is 4.32. The number of pyridine rings is 2. The maximum Gasteiger partial charge on any atom is 0.258 e. The fraction of sp³-hybridized carbons (Fsp3) is 0.360. The number of aromatic nitrogens is 2. The third kappa shape index (κ3) is 7.77. The van der Waals surface area contributed by atoms with Crippen molar-refractivity contribution in [1.29, 1.82) is 0 Å². The molecule has 0 saturated heterocycles. The minimum absolute atomic E-state index is 0.0559. The van der Waals surface area contributed by atoms with Crippen LogP contribution in [0.3, 0.4) is 0 Å². The molecule has 0 saturated carbocycles. The van der Waals surface area contributed by atoms with Gasteiger partial charge in [0, 0.05) is 29.6 Å². The van der Waals surface area contributed by atoms with Gasteiger partial charge in [0.2, 0.25) is 0 Å². The number of allylic oxidation sites excluding steroid dienone is 2. The molecule has 2 aromatic rings. The van der Waals surface area contributed by atoms with Crippen molar-refractivity contribution in [2.45, 2.75) is 60.6 Å². The van der Waals surface area contributed by atoms with Crippen molar-refractivity contribution in [2.75, 3.05) is 11.1 Å². The zero-order chi connectivity index (χ0) is 26.0. The number of hydrogen-bond donors (Lipinski definition) is 4. The molecule has 2 rings (SSSR count). The smallest absolute Gasteiger partial charge is 0.258 e. The zero-order valence-corrected chi connectivity index (χ0v) is 20.7. The molecule has 0 aliphatic carbocycles. The van der Waals surface area contributed by atoms with Gasteiger partial charge in [0.15, 0.2) is 6.10 Å². The van der Waals surface area contributed by atoms with Crippen LogP contribution in [0.15, 0.2) is 48.1 Å². The van der Waals surface area contributed by atoms with E-state index < -0.39 is 17.8 Å². The topological polar surface area (TPSA) is 130 Å². The second-order valence-electron chi connectivity index (χ2n) is 7.58. The molecule has 34 heavy (non-hydrogen) atoms. The quantitative estimate of drug-likeness (QED) is 0.445. The van der Waals surface area contributed by atoms with Gasteiger partial charge in [0.05, 0.1) is 11.4 Å². The SMILES string of the molecule is C/C=C(\C=C(/C)F)C(O)C(=O)Nc1cc(C)c(-c2cnc(N)c(C(=O)NC(C)C)c2)cn1.CC. The third-order valence-electron chi connectivity index (χ3n) is 4.52. The first-order valence-corrected chi connectivity index (χ1v) is 11.1. The summed E-state index contributed by atoms with van der Waals surface area (Å²) < 4.78 is 13.1. The molecular formula is C25H34FN5O3. The average molecular weight is 472 g/mol. The van der Waals surface area contributed by atoms with Gasteiger partial charge in [-0.25, -0.2) is 14.4 Å². The Bertz CT molecular complexity index is 1080. The lowest BCUT2D eigenvalue weighted by Crippen LogP contribution is -2.30. The molecule has 0 aliphatic rings. The fourth-order valence-corrected chi connectivity index (χ4v) is 2.97. The highest BCUT2D eigenvalue weighted by atomic mass is 19.1. The number of hydrogen-bond acceptors (Lipinski definition) is 6. The first-order valence-electron chi connectivity index (χ1n) is 11.1. The second-order valence-corrected chi connectivity index (χ2v) is 7.58. The van der Waals surface area contributed by atoms with Crippen molar-refractivity contribution in [3.8, 4) is 11.1 Å². The molecule has 1 unspecified atom stereocenters. The molecule has 2 heterocycles. The molecule has 1 atom stereocenters. The monoisotopic (exact) mass is 471 g/mol. The Morgan fingerprint density at radius 1 is 1.18 bits per heavy atom. The minimum atomic E-state index is -1.55. The first-order chi connectivity index (χ1) is 16.0. The first kappa shape index (κ1) is 28.4. The third-order valence-corrected chi connectivity index (χ3v) is 4.52. The number of nitrogens with two attached hydrogens (primary N) is 1. The van der Waals surface area contributed by atoms with E-state index >= 15 is 0 Å². The van der Waals surface area contributed by atoms with Crippen molar-refractivity contribution in [2.24, 2.45) is 0 Å². The Morgan fingerprint density at radius 2 is 1.82 bits per heavy atom. The van der Waals surface area contributed by atoms with Gasteiger partial charge in [0.25, 0.3) is 11.8 Å². The molecule has 0 aromatic carbocycles. The number of amides is 2. The van der Waals surface area contributed by atoms with E-state index in [0.717, 1.165) is 11.6 Å². The van der Waals surface area contributed by atoms with Gasteiger partial charge >= 0.3 is 0 Å². The molecule has 9 heteroatoms. The maximum atomic E-state index is 13.1. The molecule has 2 aromatic heterocycles. The Balaban J connectivity index is 0.00000281. The van der Waals surface area contributed by atoms with Crippen LogP contribution >= 0.6 is 0 Å². The van der Waals surface area contributed by atoms with E-state index in [1.807, 2.05) is 27.7 Å². The van der Waals surface area contributed by atoms with E-state index in [1.54, 1.807) is 26.0 Å². The van der Waals surface area contributed by atoms with Crippen molar-refractivity contribution in [3.05, 3.63) is 59.2 Å². The van der Waals surface area contributed by atoms with Gasteiger partial charge < -0.3 is 21.5 Å². The zero-order valence-electron chi connectivity index (χ0n) is 20.7. The summed E-state index contributed by atoms with van der Waals surface area (Å²) in [6.07, 6.45) is 4.06. The van der Waals surface area contributed by atoms with E-state index in [1.165, 1.54) is 25.4 Å². The molecule has 0 bridgehead atoms. The summed E-state index contributed by atoms with van der Waals surface area (Å²) in [6.45, 7) is 12.3. The summed E-state index contributed by atoms with van der Waals surface area (Å²) in [7, 11) is 0. The highest BCUT2D eigenvalue weighted by Crippen LogP contribution is 2.26. The number of carbonyl (C=O) groups excluding carboxylic acids is 2. The van der Waals surface area contributed by atoms with Crippen LogP contribution in [0.1, 0.15) is 57.5 Å². The van der Waals surface area contributed by atoms with E-state index in [9.17, 15) is 19.1 Å². The number of nitrogens with one attached hydrogen (secondary N) is 2. The highest BCUT2D eigenvalue weighted by molar-refractivity contribution is 5.99. The van der Waals surface area contributed by atoms with Crippen LogP contribution in [0.2, 0.25) is 0 Å². The van der Waals surface area contributed by atoms with Gasteiger partial charge in [0.1, 0.15) is 11.6 Å². The number of aliphatic hydroxyl groups is 1.